The van der Waals surface area contributed by atoms with Crippen LogP contribution in [0.2, 0.25) is 5.02 Å². The smallest absolute Gasteiger partial charge is 0.240 e. The lowest BCUT2D eigenvalue weighted by Crippen LogP contribution is -2.16. The number of sulfonamides is 1. The molecule has 0 aromatic heterocycles. The number of nitrogens with two attached hydrogens (primary N) is 1. The van der Waals surface area contributed by atoms with Crippen LogP contribution >= 0.6 is 27.5 Å². The molecular formula is C20H19BrClN3O2S. The Kier molecular flexibility index (Phi) is 6.61. The van der Waals surface area contributed by atoms with Crippen LogP contribution in [0.5, 0.6) is 0 Å². The molecule has 0 bridgehead atoms. The van der Waals surface area contributed by atoms with Gasteiger partial charge in [0, 0.05) is 22.6 Å². The van der Waals surface area contributed by atoms with E-state index < -0.39 is 10.0 Å². The van der Waals surface area contributed by atoms with Gasteiger partial charge in [-0.3, -0.25) is 0 Å². The summed E-state index contributed by atoms with van der Waals surface area (Å²) in [5.74, 6) is 0. The van der Waals surface area contributed by atoms with E-state index in [2.05, 4.69) is 26.6 Å². The number of hydrogen-bond acceptors (Lipinski definition) is 4. The zero-order valence-electron chi connectivity index (χ0n) is 14.8. The van der Waals surface area contributed by atoms with E-state index in [0.717, 1.165) is 11.1 Å². The number of rotatable bonds is 7. The molecule has 5 nitrogen and oxygen atoms in total. The topological polar surface area (TPSA) is 84.2 Å². The molecule has 0 unspecified atom stereocenters. The Morgan fingerprint density at radius 3 is 2.25 bits per heavy atom. The number of halogens is 2. The minimum atomic E-state index is -3.95. The average molecular weight is 481 g/mol. The van der Waals surface area contributed by atoms with Crippen LogP contribution < -0.4 is 15.8 Å². The standard InChI is InChI=1S/C20H19BrClN3O2S/c21-12-15-10-18(24-13-14-4-2-1-3-5-14)20(19(11-15)28(23,26)27)25-17-8-6-16(22)7-9-17/h1-11,24-25H,12-13H2,(H2,23,26,27). The lowest BCUT2D eigenvalue weighted by atomic mass is 10.1. The second-order valence-corrected chi connectivity index (χ2v) is 8.69. The predicted molar refractivity (Wildman–Crippen MR) is 119 cm³/mol. The lowest BCUT2D eigenvalue weighted by molar-refractivity contribution is 0.598. The SMILES string of the molecule is NS(=O)(=O)c1cc(CBr)cc(NCc2ccccc2)c1Nc1ccc(Cl)cc1. The first-order valence-corrected chi connectivity index (χ1v) is 11.5. The molecule has 8 heteroatoms. The first kappa shape index (κ1) is 20.7. The first-order valence-electron chi connectivity index (χ1n) is 8.43. The average Bonchev–Trinajstić information content (AvgIpc) is 2.68. The summed E-state index contributed by atoms with van der Waals surface area (Å²) in [6.07, 6.45) is 0. The van der Waals surface area contributed by atoms with Gasteiger partial charge in [0.2, 0.25) is 10.0 Å². The van der Waals surface area contributed by atoms with Crippen LogP contribution in [0.1, 0.15) is 11.1 Å². The molecule has 0 aliphatic rings. The molecule has 0 saturated heterocycles. The third-order valence-corrected chi connectivity index (χ3v) is 5.90. The van der Waals surface area contributed by atoms with Crippen LogP contribution in [0.15, 0.2) is 71.6 Å². The predicted octanol–water partition coefficient (Wildman–Crippen LogP) is 5.24. The van der Waals surface area contributed by atoms with Gasteiger partial charge in [-0.15, -0.1) is 0 Å². The maximum Gasteiger partial charge on any atom is 0.240 e. The van der Waals surface area contributed by atoms with Crippen molar-refractivity contribution in [3.8, 4) is 0 Å². The van der Waals surface area contributed by atoms with Crippen molar-refractivity contribution < 1.29 is 8.42 Å². The molecule has 0 radical (unpaired) electrons. The summed E-state index contributed by atoms with van der Waals surface area (Å²) in [5.41, 5.74) is 3.59. The molecule has 0 amide bonds. The number of hydrogen-bond donors (Lipinski definition) is 3. The van der Waals surface area contributed by atoms with Crippen molar-refractivity contribution in [1.82, 2.24) is 0 Å². The van der Waals surface area contributed by atoms with E-state index in [-0.39, 0.29) is 4.90 Å². The Morgan fingerprint density at radius 1 is 0.964 bits per heavy atom. The molecule has 0 fully saturated rings. The van der Waals surface area contributed by atoms with Crippen LogP contribution in [0.4, 0.5) is 17.1 Å². The van der Waals surface area contributed by atoms with Crippen LogP contribution in [0.3, 0.4) is 0 Å². The van der Waals surface area contributed by atoms with Gasteiger partial charge < -0.3 is 10.6 Å². The van der Waals surface area contributed by atoms with Crippen molar-refractivity contribution in [2.45, 2.75) is 16.8 Å². The summed E-state index contributed by atoms with van der Waals surface area (Å²) in [5, 5.41) is 13.1. The highest BCUT2D eigenvalue weighted by atomic mass is 79.9. The molecule has 0 aliphatic carbocycles. The number of alkyl halides is 1. The van der Waals surface area contributed by atoms with Gasteiger partial charge in [-0.25, -0.2) is 13.6 Å². The number of primary sulfonamides is 1. The van der Waals surface area contributed by atoms with Gasteiger partial charge in [-0.1, -0.05) is 57.9 Å². The highest BCUT2D eigenvalue weighted by molar-refractivity contribution is 9.08. The van der Waals surface area contributed by atoms with Crippen LogP contribution in [-0.4, -0.2) is 8.42 Å². The summed E-state index contributed by atoms with van der Waals surface area (Å²) < 4.78 is 24.5. The van der Waals surface area contributed by atoms with Crippen LogP contribution in [0.25, 0.3) is 0 Å². The molecule has 3 aromatic rings. The zero-order chi connectivity index (χ0) is 20.1. The van der Waals surface area contributed by atoms with Crippen molar-refractivity contribution in [2.24, 2.45) is 5.14 Å². The molecule has 0 spiro atoms. The van der Waals surface area contributed by atoms with Gasteiger partial charge in [0.05, 0.1) is 11.4 Å². The Hall–Kier alpha value is -2.06. The van der Waals surface area contributed by atoms with Gasteiger partial charge in [-0.05, 0) is 47.5 Å². The zero-order valence-corrected chi connectivity index (χ0v) is 18.0. The summed E-state index contributed by atoms with van der Waals surface area (Å²) in [7, 11) is -3.95. The molecule has 28 heavy (non-hydrogen) atoms. The van der Waals surface area contributed by atoms with Crippen molar-refractivity contribution in [1.29, 1.82) is 0 Å². The maximum absolute atomic E-state index is 12.3. The van der Waals surface area contributed by atoms with Gasteiger partial charge in [-0.2, -0.15) is 0 Å². The second-order valence-electron chi connectivity index (χ2n) is 6.17. The van der Waals surface area contributed by atoms with Crippen LogP contribution in [0, 0.1) is 0 Å². The molecule has 3 rings (SSSR count). The Bertz CT molecular complexity index is 1060. The fraction of sp³-hybridized carbons (Fsp3) is 0.100. The normalized spacial score (nSPS) is 11.2. The number of nitrogens with one attached hydrogen (secondary N) is 2. The van der Waals surface area contributed by atoms with Gasteiger partial charge in [0.25, 0.3) is 0 Å². The van der Waals surface area contributed by atoms with Crippen molar-refractivity contribution >= 4 is 54.6 Å². The molecule has 4 N–H and O–H groups in total. The molecule has 0 atom stereocenters. The van der Waals surface area contributed by atoms with Crippen molar-refractivity contribution in [3.05, 3.63) is 82.9 Å². The van der Waals surface area contributed by atoms with Crippen LogP contribution in [-0.2, 0) is 21.9 Å². The third kappa shape index (κ3) is 5.26. The molecule has 3 aromatic carbocycles. The largest absolute Gasteiger partial charge is 0.379 e. The Morgan fingerprint density at radius 2 is 1.64 bits per heavy atom. The Balaban J connectivity index is 2.05. The van der Waals surface area contributed by atoms with E-state index in [0.29, 0.717) is 34.0 Å². The van der Waals surface area contributed by atoms with E-state index in [1.807, 2.05) is 36.4 Å². The van der Waals surface area contributed by atoms with E-state index >= 15 is 0 Å². The fourth-order valence-corrected chi connectivity index (χ4v) is 3.92. The Labute approximate surface area is 178 Å². The van der Waals surface area contributed by atoms with Gasteiger partial charge in [0.15, 0.2) is 0 Å². The van der Waals surface area contributed by atoms with Gasteiger partial charge in [0.1, 0.15) is 4.90 Å². The summed E-state index contributed by atoms with van der Waals surface area (Å²) in [6.45, 7) is 0.534. The fourth-order valence-electron chi connectivity index (χ4n) is 2.71. The lowest BCUT2D eigenvalue weighted by Gasteiger charge is -2.19. The molecular weight excluding hydrogens is 462 g/mol. The molecule has 0 heterocycles. The summed E-state index contributed by atoms with van der Waals surface area (Å²) in [6, 6.07) is 20.3. The molecule has 0 aliphatic heterocycles. The van der Waals surface area contributed by atoms with Gasteiger partial charge >= 0.3 is 0 Å². The number of anilines is 3. The van der Waals surface area contributed by atoms with Crippen molar-refractivity contribution in [2.75, 3.05) is 10.6 Å². The minimum absolute atomic E-state index is 0.0231. The minimum Gasteiger partial charge on any atom is -0.379 e. The van der Waals surface area contributed by atoms with E-state index in [1.54, 1.807) is 30.3 Å². The quantitative estimate of drug-likeness (QED) is 0.404. The maximum atomic E-state index is 12.3. The van der Waals surface area contributed by atoms with E-state index in [4.69, 9.17) is 16.7 Å². The number of benzene rings is 3. The molecule has 0 saturated carbocycles. The second kappa shape index (κ2) is 8.96. The summed E-state index contributed by atoms with van der Waals surface area (Å²) >= 11 is 9.34. The monoisotopic (exact) mass is 479 g/mol. The third-order valence-electron chi connectivity index (χ3n) is 4.06. The van der Waals surface area contributed by atoms with E-state index in [1.165, 1.54) is 0 Å². The highest BCUT2D eigenvalue weighted by Gasteiger charge is 2.19. The highest BCUT2D eigenvalue weighted by Crippen LogP contribution is 2.35. The first-order chi connectivity index (χ1) is 13.4. The summed E-state index contributed by atoms with van der Waals surface area (Å²) in [4.78, 5) is 0.0231. The molecule has 146 valence electrons. The van der Waals surface area contributed by atoms with E-state index in [9.17, 15) is 8.42 Å². The van der Waals surface area contributed by atoms with Crippen molar-refractivity contribution in [3.63, 3.8) is 0 Å².